The second kappa shape index (κ2) is 5.72. The van der Waals surface area contributed by atoms with Crippen molar-refractivity contribution >= 4 is 17.3 Å². The molecule has 0 saturated carbocycles. The second-order valence-corrected chi connectivity index (χ2v) is 5.60. The first-order valence-corrected chi connectivity index (χ1v) is 7.25. The van der Waals surface area contributed by atoms with Crippen molar-refractivity contribution in [2.75, 3.05) is 11.9 Å². The minimum atomic E-state index is -0.438. The number of nitrogens with zero attached hydrogens (tertiary/aromatic N) is 1. The van der Waals surface area contributed by atoms with E-state index < -0.39 is 4.92 Å². The molecule has 6 nitrogen and oxygen atoms in total. The maximum atomic E-state index is 12.6. The van der Waals surface area contributed by atoms with Crippen LogP contribution in [0.4, 0.5) is 11.4 Å². The number of nitro benzene ring substituents is 1. The Hall–Kier alpha value is -2.89. The molecular weight excluding hydrogens is 296 g/mol. The number of rotatable bonds is 3. The molecule has 118 valence electrons. The Morgan fingerprint density at radius 2 is 1.91 bits per heavy atom. The molecule has 0 radical (unpaired) electrons. The molecule has 1 aliphatic rings. The zero-order valence-electron chi connectivity index (χ0n) is 12.8. The van der Waals surface area contributed by atoms with Gasteiger partial charge < -0.3 is 10.1 Å². The van der Waals surface area contributed by atoms with Gasteiger partial charge >= 0.3 is 0 Å². The summed E-state index contributed by atoms with van der Waals surface area (Å²) in [5.41, 5.74) is 2.83. The lowest BCUT2D eigenvalue weighted by atomic mass is 9.99. The van der Waals surface area contributed by atoms with Crippen LogP contribution in [0.5, 0.6) is 5.75 Å². The van der Waals surface area contributed by atoms with Gasteiger partial charge in [-0.05, 0) is 31.0 Å². The molecule has 2 aromatic rings. The molecular formula is C17H16N2O4. The van der Waals surface area contributed by atoms with Gasteiger partial charge in [-0.1, -0.05) is 18.2 Å². The summed E-state index contributed by atoms with van der Waals surface area (Å²) in [7, 11) is 0. The molecule has 0 unspecified atom stereocenters. The number of amides is 1. The number of benzene rings is 2. The highest BCUT2D eigenvalue weighted by Gasteiger charge is 2.30. The van der Waals surface area contributed by atoms with Crippen LogP contribution in [0, 0.1) is 24.0 Å². The molecule has 0 bridgehead atoms. The molecule has 1 N–H and O–H groups in total. The summed E-state index contributed by atoms with van der Waals surface area (Å²) in [5, 5.41) is 13.8. The fourth-order valence-electron chi connectivity index (χ4n) is 2.83. The number of anilines is 1. The van der Waals surface area contributed by atoms with Crippen molar-refractivity contribution in [1.29, 1.82) is 0 Å². The van der Waals surface area contributed by atoms with Crippen LogP contribution >= 0.6 is 0 Å². The van der Waals surface area contributed by atoms with Crippen LogP contribution in [0.1, 0.15) is 22.6 Å². The molecule has 0 aliphatic carbocycles. The highest BCUT2D eigenvalue weighted by molar-refractivity contribution is 5.98. The predicted molar refractivity (Wildman–Crippen MR) is 85.9 cm³/mol. The maximum absolute atomic E-state index is 12.6. The fraction of sp³-hybridized carbons (Fsp3) is 0.235. The number of para-hydroxylation sites is 1. The zero-order valence-corrected chi connectivity index (χ0v) is 12.8. The summed E-state index contributed by atoms with van der Waals surface area (Å²) in [6, 6.07) is 10.4. The standard InChI is InChI=1S/C17H16N2O4/c1-10-7-12(19(21)22)8-11(2)16(10)18-17(20)14-9-23-15-6-4-3-5-13(14)15/h3-8,14H,9H2,1-2H3,(H,18,20)/t14-/m1/s1. The van der Waals surface area contributed by atoms with Gasteiger partial charge in [0, 0.05) is 23.4 Å². The van der Waals surface area contributed by atoms with Crippen molar-refractivity contribution in [3.8, 4) is 5.75 Å². The van der Waals surface area contributed by atoms with E-state index in [1.165, 1.54) is 12.1 Å². The number of nitro groups is 1. The summed E-state index contributed by atoms with van der Waals surface area (Å²) in [6.07, 6.45) is 0. The van der Waals surface area contributed by atoms with E-state index in [-0.39, 0.29) is 17.5 Å². The van der Waals surface area contributed by atoms with Crippen LogP contribution in [0.2, 0.25) is 0 Å². The average molecular weight is 312 g/mol. The lowest BCUT2D eigenvalue weighted by molar-refractivity contribution is -0.384. The molecule has 1 atom stereocenters. The molecule has 6 heteroatoms. The molecule has 0 aromatic heterocycles. The normalized spacial score (nSPS) is 15.7. The van der Waals surface area contributed by atoms with E-state index in [4.69, 9.17) is 4.74 Å². The molecule has 1 heterocycles. The van der Waals surface area contributed by atoms with Crippen LogP contribution in [-0.2, 0) is 4.79 Å². The number of nitrogens with one attached hydrogen (secondary N) is 1. The van der Waals surface area contributed by atoms with E-state index in [1.807, 2.05) is 24.3 Å². The molecule has 1 aliphatic heterocycles. The van der Waals surface area contributed by atoms with Crippen molar-refractivity contribution in [3.63, 3.8) is 0 Å². The van der Waals surface area contributed by atoms with Crippen molar-refractivity contribution < 1.29 is 14.5 Å². The summed E-state index contributed by atoms with van der Waals surface area (Å²) >= 11 is 0. The maximum Gasteiger partial charge on any atom is 0.270 e. The van der Waals surface area contributed by atoms with Gasteiger partial charge in [-0.3, -0.25) is 14.9 Å². The first-order valence-electron chi connectivity index (χ1n) is 7.25. The summed E-state index contributed by atoms with van der Waals surface area (Å²) < 4.78 is 5.53. The third-order valence-electron chi connectivity index (χ3n) is 3.99. The van der Waals surface area contributed by atoms with Crippen LogP contribution in [-0.4, -0.2) is 17.4 Å². The zero-order chi connectivity index (χ0) is 16.6. The van der Waals surface area contributed by atoms with Crippen molar-refractivity contribution in [2.24, 2.45) is 0 Å². The average Bonchev–Trinajstić information content (AvgIpc) is 2.94. The van der Waals surface area contributed by atoms with Crippen LogP contribution in [0.15, 0.2) is 36.4 Å². The molecule has 3 rings (SSSR count). The third kappa shape index (κ3) is 2.75. The van der Waals surface area contributed by atoms with Crippen molar-refractivity contribution in [2.45, 2.75) is 19.8 Å². The fourth-order valence-corrected chi connectivity index (χ4v) is 2.83. The minimum Gasteiger partial charge on any atom is -0.492 e. The van der Waals surface area contributed by atoms with Gasteiger partial charge in [-0.2, -0.15) is 0 Å². The number of hydrogen-bond donors (Lipinski definition) is 1. The van der Waals surface area contributed by atoms with Crippen LogP contribution < -0.4 is 10.1 Å². The quantitative estimate of drug-likeness (QED) is 0.696. The van der Waals surface area contributed by atoms with Crippen LogP contribution in [0.3, 0.4) is 0 Å². The largest absolute Gasteiger partial charge is 0.492 e. The van der Waals surface area contributed by atoms with E-state index in [1.54, 1.807) is 13.8 Å². The second-order valence-electron chi connectivity index (χ2n) is 5.60. The number of aryl methyl sites for hydroxylation is 2. The number of hydrogen-bond acceptors (Lipinski definition) is 4. The lowest BCUT2D eigenvalue weighted by Gasteiger charge is -2.14. The SMILES string of the molecule is Cc1cc([N+](=O)[O-])cc(C)c1NC(=O)[C@@H]1COc2ccccc21. The molecule has 1 amide bonds. The van der Waals surface area contributed by atoms with Crippen LogP contribution in [0.25, 0.3) is 0 Å². The lowest BCUT2D eigenvalue weighted by Crippen LogP contribution is -2.23. The number of fused-ring (bicyclic) bond motifs is 1. The van der Waals surface area contributed by atoms with E-state index >= 15 is 0 Å². The highest BCUT2D eigenvalue weighted by atomic mass is 16.6. The predicted octanol–water partition coefficient (Wildman–Crippen LogP) is 3.33. The van der Waals surface area contributed by atoms with Crippen molar-refractivity contribution in [1.82, 2.24) is 0 Å². The Kier molecular flexibility index (Phi) is 3.73. The van der Waals surface area contributed by atoms with Gasteiger partial charge in [0.1, 0.15) is 18.3 Å². The van der Waals surface area contributed by atoms with Gasteiger partial charge in [0.15, 0.2) is 0 Å². The summed E-state index contributed by atoms with van der Waals surface area (Å²) in [4.78, 5) is 23.0. The molecule has 0 spiro atoms. The molecule has 0 saturated heterocycles. The topological polar surface area (TPSA) is 81.5 Å². The molecule has 2 aromatic carbocycles. The number of non-ortho nitro benzene ring substituents is 1. The highest BCUT2D eigenvalue weighted by Crippen LogP contribution is 2.35. The molecule has 23 heavy (non-hydrogen) atoms. The van der Waals surface area contributed by atoms with E-state index in [2.05, 4.69) is 5.32 Å². The monoisotopic (exact) mass is 312 g/mol. The van der Waals surface area contributed by atoms with E-state index in [9.17, 15) is 14.9 Å². The van der Waals surface area contributed by atoms with E-state index in [0.29, 0.717) is 23.4 Å². The first kappa shape index (κ1) is 15.0. The summed E-state index contributed by atoms with van der Waals surface area (Å²) in [6.45, 7) is 3.79. The van der Waals surface area contributed by atoms with Gasteiger partial charge in [0.25, 0.3) is 5.69 Å². The number of carbonyl (C=O) groups is 1. The Morgan fingerprint density at radius 3 is 2.57 bits per heavy atom. The van der Waals surface area contributed by atoms with Crippen molar-refractivity contribution in [3.05, 3.63) is 63.2 Å². The third-order valence-corrected chi connectivity index (χ3v) is 3.99. The minimum absolute atomic E-state index is 0.0209. The number of carbonyl (C=O) groups excluding carboxylic acids is 1. The number of ether oxygens (including phenoxy) is 1. The Morgan fingerprint density at radius 1 is 1.26 bits per heavy atom. The Bertz CT molecular complexity index is 778. The van der Waals surface area contributed by atoms with Gasteiger partial charge in [-0.25, -0.2) is 0 Å². The smallest absolute Gasteiger partial charge is 0.270 e. The van der Waals surface area contributed by atoms with Gasteiger partial charge in [-0.15, -0.1) is 0 Å². The molecule has 0 fully saturated rings. The Balaban J connectivity index is 1.86. The summed E-state index contributed by atoms with van der Waals surface area (Å²) in [5.74, 6) is 0.181. The van der Waals surface area contributed by atoms with E-state index in [0.717, 1.165) is 11.3 Å². The van der Waals surface area contributed by atoms with Gasteiger partial charge in [0.05, 0.1) is 4.92 Å². The Labute approximate surface area is 133 Å². The van der Waals surface area contributed by atoms with Gasteiger partial charge in [0.2, 0.25) is 5.91 Å². The first-order chi connectivity index (χ1) is 11.0.